The van der Waals surface area contributed by atoms with Crippen molar-refractivity contribution in [1.29, 1.82) is 0 Å². The molecule has 0 radical (unpaired) electrons. The van der Waals surface area contributed by atoms with Crippen molar-refractivity contribution in [2.24, 2.45) is 0 Å². The van der Waals surface area contributed by atoms with Crippen molar-refractivity contribution < 1.29 is 34.4 Å². The summed E-state index contributed by atoms with van der Waals surface area (Å²) in [6.45, 7) is 1.85. The molecule has 0 aliphatic rings. The van der Waals surface area contributed by atoms with Gasteiger partial charge in [-0.1, -0.05) is 0 Å². The van der Waals surface area contributed by atoms with Crippen LogP contribution in [0.2, 0.25) is 0 Å². The van der Waals surface area contributed by atoms with Crippen LogP contribution in [0.3, 0.4) is 0 Å². The monoisotopic (exact) mass is 318 g/mol. The number of esters is 2. The molecule has 0 fully saturated rings. The fraction of sp³-hybridized carbons (Fsp3) is 0.125. The lowest BCUT2D eigenvalue weighted by Crippen LogP contribution is -2.09. The fourth-order valence-electron chi connectivity index (χ4n) is 1.75. The molecule has 120 valence electrons. The van der Waals surface area contributed by atoms with E-state index in [0.717, 1.165) is 18.2 Å². The van der Waals surface area contributed by atoms with Crippen LogP contribution >= 0.6 is 0 Å². The summed E-state index contributed by atoms with van der Waals surface area (Å²) >= 11 is 0. The third kappa shape index (κ3) is 3.70. The van der Waals surface area contributed by atoms with E-state index in [1.54, 1.807) is 6.92 Å². The van der Waals surface area contributed by atoms with E-state index in [-0.39, 0.29) is 29.2 Å². The summed E-state index contributed by atoms with van der Waals surface area (Å²) in [5, 5.41) is 28.4. The Morgan fingerprint density at radius 3 is 2.09 bits per heavy atom. The van der Waals surface area contributed by atoms with Crippen LogP contribution in [0.25, 0.3) is 0 Å². The molecule has 23 heavy (non-hydrogen) atoms. The quantitative estimate of drug-likeness (QED) is 0.450. The standard InChI is InChI=1S/C16H14O7/c1-2-22-15(20)9-4-6-14(13(19)8-9)23-16(21)10-3-5-11(17)12(18)7-10/h3-8,17-19H,2H2,1H3. The van der Waals surface area contributed by atoms with Gasteiger partial charge >= 0.3 is 11.9 Å². The molecule has 0 saturated heterocycles. The van der Waals surface area contributed by atoms with E-state index in [1.807, 2.05) is 0 Å². The lowest BCUT2D eigenvalue weighted by atomic mass is 10.2. The molecule has 7 heteroatoms. The molecule has 0 unspecified atom stereocenters. The largest absolute Gasteiger partial charge is 0.504 e. The van der Waals surface area contributed by atoms with E-state index in [0.29, 0.717) is 0 Å². The molecule has 0 amide bonds. The molecule has 7 nitrogen and oxygen atoms in total. The van der Waals surface area contributed by atoms with E-state index in [9.17, 15) is 24.9 Å². The molecule has 0 heterocycles. The van der Waals surface area contributed by atoms with Crippen LogP contribution in [0.5, 0.6) is 23.0 Å². The van der Waals surface area contributed by atoms with E-state index >= 15 is 0 Å². The second-order valence-corrected chi connectivity index (χ2v) is 4.50. The number of hydrogen-bond acceptors (Lipinski definition) is 7. The first kappa shape index (κ1) is 16.2. The van der Waals surface area contributed by atoms with Crippen molar-refractivity contribution in [3.8, 4) is 23.0 Å². The van der Waals surface area contributed by atoms with Crippen molar-refractivity contribution in [2.75, 3.05) is 6.61 Å². The van der Waals surface area contributed by atoms with E-state index < -0.39 is 23.4 Å². The highest BCUT2D eigenvalue weighted by Crippen LogP contribution is 2.29. The highest BCUT2D eigenvalue weighted by atomic mass is 16.5. The maximum absolute atomic E-state index is 11.9. The van der Waals surface area contributed by atoms with Gasteiger partial charge in [0.25, 0.3) is 0 Å². The summed E-state index contributed by atoms with van der Waals surface area (Å²) < 4.78 is 9.78. The fourth-order valence-corrected chi connectivity index (χ4v) is 1.75. The third-order valence-corrected chi connectivity index (χ3v) is 2.88. The van der Waals surface area contributed by atoms with Gasteiger partial charge in [-0.3, -0.25) is 0 Å². The van der Waals surface area contributed by atoms with Gasteiger partial charge in [0.15, 0.2) is 23.0 Å². The normalized spacial score (nSPS) is 10.1. The van der Waals surface area contributed by atoms with Gasteiger partial charge in [0.1, 0.15) is 0 Å². The molecule has 2 aromatic carbocycles. The highest BCUT2D eigenvalue weighted by Gasteiger charge is 2.15. The van der Waals surface area contributed by atoms with Crippen LogP contribution in [0.4, 0.5) is 0 Å². The summed E-state index contributed by atoms with van der Waals surface area (Å²) in [6, 6.07) is 7.13. The Labute approximate surface area is 131 Å². The van der Waals surface area contributed by atoms with Gasteiger partial charge in [-0.2, -0.15) is 0 Å². The van der Waals surface area contributed by atoms with Crippen molar-refractivity contribution in [3.05, 3.63) is 47.5 Å². The van der Waals surface area contributed by atoms with Crippen molar-refractivity contribution in [3.63, 3.8) is 0 Å². The Morgan fingerprint density at radius 2 is 1.48 bits per heavy atom. The zero-order chi connectivity index (χ0) is 17.0. The van der Waals surface area contributed by atoms with Crippen molar-refractivity contribution in [2.45, 2.75) is 6.92 Å². The van der Waals surface area contributed by atoms with Crippen molar-refractivity contribution >= 4 is 11.9 Å². The first-order valence-electron chi connectivity index (χ1n) is 6.66. The number of carbonyl (C=O) groups is 2. The number of ether oxygens (including phenoxy) is 2. The maximum atomic E-state index is 11.9. The molecule has 0 aromatic heterocycles. The molecule has 2 rings (SSSR count). The minimum atomic E-state index is -0.848. The number of aromatic hydroxyl groups is 3. The second kappa shape index (κ2) is 6.69. The van der Waals surface area contributed by atoms with Gasteiger partial charge in [0, 0.05) is 0 Å². The minimum Gasteiger partial charge on any atom is -0.504 e. The predicted octanol–water partition coefficient (Wildman–Crippen LogP) is 2.20. The number of benzene rings is 2. The van der Waals surface area contributed by atoms with Crippen molar-refractivity contribution in [1.82, 2.24) is 0 Å². The van der Waals surface area contributed by atoms with E-state index in [1.165, 1.54) is 18.2 Å². The van der Waals surface area contributed by atoms with E-state index in [2.05, 4.69) is 0 Å². The summed E-state index contributed by atoms with van der Waals surface area (Å²) in [7, 11) is 0. The molecule has 3 N–H and O–H groups in total. The zero-order valence-corrected chi connectivity index (χ0v) is 12.1. The molecular weight excluding hydrogens is 304 g/mol. The first-order valence-corrected chi connectivity index (χ1v) is 6.66. The van der Waals surface area contributed by atoms with Crippen LogP contribution in [0.15, 0.2) is 36.4 Å². The van der Waals surface area contributed by atoms with Gasteiger partial charge in [-0.15, -0.1) is 0 Å². The Hall–Kier alpha value is -3.22. The Kier molecular flexibility index (Phi) is 4.70. The molecule has 0 aliphatic heterocycles. The lowest BCUT2D eigenvalue weighted by Gasteiger charge is -2.08. The van der Waals surface area contributed by atoms with Crippen LogP contribution in [-0.4, -0.2) is 33.9 Å². The molecule has 0 bridgehead atoms. The lowest BCUT2D eigenvalue weighted by molar-refractivity contribution is 0.0526. The number of phenols is 3. The SMILES string of the molecule is CCOC(=O)c1ccc(OC(=O)c2ccc(O)c(O)c2)c(O)c1. The maximum Gasteiger partial charge on any atom is 0.343 e. The van der Waals surface area contributed by atoms with Gasteiger partial charge in [0.2, 0.25) is 0 Å². The highest BCUT2D eigenvalue weighted by molar-refractivity contribution is 5.93. The first-order chi connectivity index (χ1) is 10.9. The number of hydrogen-bond donors (Lipinski definition) is 3. The molecule has 0 aliphatic carbocycles. The number of phenolic OH excluding ortho intramolecular Hbond substituents is 3. The molecule has 2 aromatic rings. The Balaban J connectivity index is 2.18. The summed E-state index contributed by atoms with van der Waals surface area (Å²) in [4.78, 5) is 23.5. The van der Waals surface area contributed by atoms with Gasteiger partial charge in [0.05, 0.1) is 17.7 Å². The summed E-state index contributed by atoms with van der Waals surface area (Å²) in [6.07, 6.45) is 0. The van der Waals surface area contributed by atoms with Gasteiger partial charge < -0.3 is 24.8 Å². The van der Waals surface area contributed by atoms with Crippen LogP contribution < -0.4 is 4.74 Å². The molecular formula is C16H14O7. The second-order valence-electron chi connectivity index (χ2n) is 4.50. The Morgan fingerprint density at radius 1 is 0.870 bits per heavy atom. The molecule has 0 atom stereocenters. The number of carbonyl (C=O) groups excluding carboxylic acids is 2. The number of rotatable bonds is 4. The van der Waals surface area contributed by atoms with E-state index in [4.69, 9.17) is 9.47 Å². The average Bonchev–Trinajstić information content (AvgIpc) is 2.52. The topological polar surface area (TPSA) is 113 Å². The molecule has 0 saturated carbocycles. The zero-order valence-electron chi connectivity index (χ0n) is 12.1. The van der Waals surface area contributed by atoms with Crippen LogP contribution in [0.1, 0.15) is 27.6 Å². The van der Waals surface area contributed by atoms with Gasteiger partial charge in [-0.05, 0) is 43.3 Å². The summed E-state index contributed by atoms with van der Waals surface area (Å²) in [5.41, 5.74) is 0.0978. The Bertz CT molecular complexity index is 752. The third-order valence-electron chi connectivity index (χ3n) is 2.88. The van der Waals surface area contributed by atoms with Crippen LogP contribution in [0, 0.1) is 0 Å². The minimum absolute atomic E-state index is 0.0193. The predicted molar refractivity (Wildman–Crippen MR) is 78.8 cm³/mol. The summed E-state index contributed by atoms with van der Waals surface area (Å²) in [5.74, 6) is -2.87. The smallest absolute Gasteiger partial charge is 0.343 e. The average molecular weight is 318 g/mol. The van der Waals surface area contributed by atoms with Crippen LogP contribution in [-0.2, 0) is 4.74 Å². The molecule has 0 spiro atoms. The van der Waals surface area contributed by atoms with Gasteiger partial charge in [-0.25, -0.2) is 9.59 Å².